The highest BCUT2D eigenvalue weighted by Gasteiger charge is 2.33. The topological polar surface area (TPSA) is 19.0 Å². The zero-order chi connectivity index (χ0) is 11.9. The van der Waals surface area contributed by atoms with Crippen LogP contribution in [0, 0.1) is 5.92 Å². The summed E-state index contributed by atoms with van der Waals surface area (Å²) in [6, 6.07) is 9.46. The molecular formula is C16H20N2. The molecule has 94 valence electrons. The molecule has 2 heteroatoms. The van der Waals surface area contributed by atoms with Gasteiger partial charge in [-0.2, -0.15) is 0 Å². The molecule has 3 aliphatic rings. The van der Waals surface area contributed by atoms with E-state index >= 15 is 0 Å². The van der Waals surface area contributed by atoms with Gasteiger partial charge in [0.05, 0.1) is 0 Å². The summed E-state index contributed by atoms with van der Waals surface area (Å²) >= 11 is 0. The molecule has 1 aromatic carbocycles. The lowest BCUT2D eigenvalue weighted by Crippen LogP contribution is -2.49. The molecule has 2 aromatic rings. The Labute approximate surface area is 108 Å². The molecule has 1 aromatic heterocycles. The summed E-state index contributed by atoms with van der Waals surface area (Å²) in [5.74, 6) is 1.00. The smallest absolute Gasteiger partial charge is 0.0456 e. The van der Waals surface area contributed by atoms with E-state index in [4.69, 9.17) is 0 Å². The quantitative estimate of drug-likeness (QED) is 0.854. The van der Waals surface area contributed by atoms with E-state index in [1.807, 2.05) is 0 Å². The van der Waals surface area contributed by atoms with Gasteiger partial charge in [-0.05, 0) is 56.3 Å². The molecule has 3 fully saturated rings. The lowest BCUT2D eigenvalue weighted by atomic mass is 9.81. The van der Waals surface area contributed by atoms with Crippen LogP contribution in [0.1, 0.15) is 24.8 Å². The summed E-state index contributed by atoms with van der Waals surface area (Å²) in [6.07, 6.45) is 7.73. The van der Waals surface area contributed by atoms with Gasteiger partial charge in [0.25, 0.3) is 0 Å². The van der Waals surface area contributed by atoms with E-state index in [0.717, 1.165) is 12.0 Å². The minimum atomic E-state index is 0.789. The normalized spacial score (nSPS) is 31.0. The molecule has 0 amide bonds. The van der Waals surface area contributed by atoms with Gasteiger partial charge in [0.2, 0.25) is 0 Å². The molecule has 1 atom stereocenters. The monoisotopic (exact) mass is 240 g/mol. The number of piperidine rings is 3. The van der Waals surface area contributed by atoms with Crippen LogP contribution >= 0.6 is 0 Å². The molecular weight excluding hydrogens is 220 g/mol. The van der Waals surface area contributed by atoms with Crippen molar-refractivity contribution in [1.82, 2.24) is 9.88 Å². The van der Waals surface area contributed by atoms with Crippen molar-refractivity contribution in [1.29, 1.82) is 0 Å². The molecule has 1 N–H and O–H groups in total. The zero-order valence-electron chi connectivity index (χ0n) is 10.7. The standard InChI is InChI=1S/C16H20N2/c1-2-4-16-15(3-1)13(11-17-16)10-14-9-12-5-7-18(14)8-6-12/h1-4,11-12,14,17H,5-10H2. The van der Waals surface area contributed by atoms with Crippen LogP contribution in [0.3, 0.4) is 0 Å². The fraction of sp³-hybridized carbons (Fsp3) is 0.500. The molecule has 18 heavy (non-hydrogen) atoms. The Balaban J connectivity index is 1.61. The fourth-order valence-electron chi connectivity index (χ4n) is 3.85. The number of hydrogen-bond donors (Lipinski definition) is 1. The van der Waals surface area contributed by atoms with Crippen LogP contribution in [0.4, 0.5) is 0 Å². The van der Waals surface area contributed by atoms with Gasteiger partial charge in [-0.1, -0.05) is 18.2 Å². The number of aromatic amines is 1. The summed E-state index contributed by atoms with van der Waals surface area (Å²) in [7, 11) is 0. The van der Waals surface area contributed by atoms with Crippen molar-refractivity contribution in [3.8, 4) is 0 Å². The first-order chi connectivity index (χ1) is 8.90. The van der Waals surface area contributed by atoms with E-state index < -0.39 is 0 Å². The summed E-state index contributed by atoms with van der Waals surface area (Å²) in [4.78, 5) is 6.11. The Bertz CT molecular complexity index is 549. The van der Waals surface area contributed by atoms with Crippen molar-refractivity contribution in [2.45, 2.75) is 31.7 Å². The van der Waals surface area contributed by atoms with Gasteiger partial charge >= 0.3 is 0 Å². The molecule has 2 nitrogen and oxygen atoms in total. The Morgan fingerprint density at radius 1 is 1.17 bits per heavy atom. The second-order valence-electron chi connectivity index (χ2n) is 5.93. The van der Waals surface area contributed by atoms with Gasteiger partial charge in [0.1, 0.15) is 0 Å². The van der Waals surface area contributed by atoms with E-state index in [1.165, 1.54) is 55.2 Å². The summed E-state index contributed by atoms with van der Waals surface area (Å²) in [5.41, 5.74) is 2.78. The van der Waals surface area contributed by atoms with E-state index in [1.54, 1.807) is 0 Å². The van der Waals surface area contributed by atoms with Crippen LogP contribution in [0.15, 0.2) is 30.5 Å². The number of para-hydroxylation sites is 1. The molecule has 0 spiro atoms. The van der Waals surface area contributed by atoms with Crippen molar-refractivity contribution in [3.05, 3.63) is 36.0 Å². The number of fused-ring (bicyclic) bond motifs is 4. The molecule has 3 saturated heterocycles. The first-order valence-electron chi connectivity index (χ1n) is 7.19. The van der Waals surface area contributed by atoms with Gasteiger partial charge in [-0.25, -0.2) is 0 Å². The third kappa shape index (κ3) is 1.67. The number of benzene rings is 1. The predicted octanol–water partition coefficient (Wildman–Crippen LogP) is 3.19. The Morgan fingerprint density at radius 3 is 2.78 bits per heavy atom. The van der Waals surface area contributed by atoms with Crippen molar-refractivity contribution < 1.29 is 0 Å². The first kappa shape index (κ1) is 10.6. The van der Waals surface area contributed by atoms with Gasteiger partial charge in [-0.3, -0.25) is 0 Å². The second kappa shape index (κ2) is 4.13. The maximum atomic E-state index is 3.40. The average molecular weight is 240 g/mol. The Morgan fingerprint density at radius 2 is 2.00 bits per heavy atom. The average Bonchev–Trinajstić information content (AvgIpc) is 2.84. The molecule has 1 unspecified atom stereocenters. The minimum absolute atomic E-state index is 0.789. The number of nitrogens with zero attached hydrogens (tertiary/aromatic N) is 1. The molecule has 0 radical (unpaired) electrons. The molecule has 2 bridgehead atoms. The number of aromatic nitrogens is 1. The van der Waals surface area contributed by atoms with Gasteiger partial charge in [0, 0.05) is 23.1 Å². The van der Waals surface area contributed by atoms with E-state index in [-0.39, 0.29) is 0 Å². The minimum Gasteiger partial charge on any atom is -0.361 e. The second-order valence-corrected chi connectivity index (χ2v) is 5.93. The highest BCUT2D eigenvalue weighted by Crippen LogP contribution is 2.34. The Hall–Kier alpha value is -1.28. The van der Waals surface area contributed by atoms with E-state index in [9.17, 15) is 0 Å². The molecule has 0 aliphatic carbocycles. The van der Waals surface area contributed by atoms with Gasteiger partial charge in [-0.15, -0.1) is 0 Å². The van der Waals surface area contributed by atoms with E-state index in [0.29, 0.717) is 0 Å². The van der Waals surface area contributed by atoms with Crippen LogP contribution in [0.5, 0.6) is 0 Å². The van der Waals surface area contributed by atoms with Gasteiger partial charge < -0.3 is 9.88 Å². The molecule has 4 heterocycles. The number of rotatable bonds is 2. The SMILES string of the molecule is c1ccc2c(CC3CC4CCN3CC4)c[nH]c2c1. The number of hydrogen-bond acceptors (Lipinski definition) is 1. The maximum Gasteiger partial charge on any atom is 0.0456 e. The number of H-pyrrole nitrogens is 1. The molecule has 3 aliphatic heterocycles. The summed E-state index contributed by atoms with van der Waals surface area (Å²) in [5, 5.41) is 1.42. The summed E-state index contributed by atoms with van der Waals surface area (Å²) in [6.45, 7) is 2.66. The maximum absolute atomic E-state index is 3.40. The van der Waals surface area contributed by atoms with Crippen molar-refractivity contribution in [2.75, 3.05) is 13.1 Å². The largest absolute Gasteiger partial charge is 0.361 e. The number of nitrogens with one attached hydrogen (secondary N) is 1. The lowest BCUT2D eigenvalue weighted by molar-refractivity contribution is 0.0500. The van der Waals surface area contributed by atoms with Crippen LogP contribution in [0.2, 0.25) is 0 Å². The lowest BCUT2D eigenvalue weighted by Gasteiger charge is -2.45. The highest BCUT2D eigenvalue weighted by atomic mass is 15.2. The molecule has 0 saturated carbocycles. The van der Waals surface area contributed by atoms with Crippen molar-refractivity contribution in [2.24, 2.45) is 5.92 Å². The van der Waals surface area contributed by atoms with Crippen molar-refractivity contribution in [3.63, 3.8) is 0 Å². The van der Waals surface area contributed by atoms with E-state index in [2.05, 4.69) is 40.3 Å². The molecule has 5 rings (SSSR count). The van der Waals surface area contributed by atoms with Crippen LogP contribution in [0.25, 0.3) is 10.9 Å². The van der Waals surface area contributed by atoms with Crippen LogP contribution in [-0.4, -0.2) is 29.0 Å². The van der Waals surface area contributed by atoms with Crippen LogP contribution < -0.4 is 0 Å². The third-order valence-corrected chi connectivity index (χ3v) is 4.90. The zero-order valence-corrected chi connectivity index (χ0v) is 10.7. The first-order valence-corrected chi connectivity index (χ1v) is 7.19. The summed E-state index contributed by atoms with van der Waals surface area (Å²) < 4.78 is 0. The highest BCUT2D eigenvalue weighted by molar-refractivity contribution is 5.83. The van der Waals surface area contributed by atoms with Gasteiger partial charge in [0.15, 0.2) is 0 Å². The Kier molecular flexibility index (Phi) is 2.44. The fourth-order valence-corrected chi connectivity index (χ4v) is 3.85. The predicted molar refractivity (Wildman–Crippen MR) is 74.7 cm³/mol. The van der Waals surface area contributed by atoms with Crippen LogP contribution in [-0.2, 0) is 6.42 Å². The van der Waals surface area contributed by atoms with Crippen molar-refractivity contribution >= 4 is 10.9 Å². The third-order valence-electron chi connectivity index (χ3n) is 4.90.